The van der Waals surface area contributed by atoms with Crippen LogP contribution in [-0.2, 0) is 47.1 Å². The molecule has 3 aromatic carbocycles. The molecule has 2 aliphatic rings. The van der Waals surface area contributed by atoms with Crippen LogP contribution >= 0.6 is 0 Å². The number of hydrogen-bond donors (Lipinski definition) is 5. The van der Waals surface area contributed by atoms with Crippen LogP contribution < -0.4 is 15.0 Å². The summed E-state index contributed by atoms with van der Waals surface area (Å²) in [6, 6.07) is 9.02. The summed E-state index contributed by atoms with van der Waals surface area (Å²) in [7, 11) is -8.91. The number of carboxylic acid groups (broad SMARTS) is 1. The largest absolute Gasteiger partial charge is 0.507 e. The molecule has 0 saturated heterocycles. The number of aromatic hydroxyl groups is 1. The molecule has 5 rings (SSSR count). The Morgan fingerprint density at radius 1 is 0.851 bits per heavy atom. The average Bonchev–Trinajstić information content (AvgIpc) is 3.46. The highest BCUT2D eigenvalue weighted by molar-refractivity contribution is 7.86. The van der Waals surface area contributed by atoms with E-state index >= 15 is 0 Å². The van der Waals surface area contributed by atoms with Gasteiger partial charge in [0.2, 0.25) is 0 Å². The predicted molar refractivity (Wildman–Crippen MR) is 262 cm³/mol. The van der Waals surface area contributed by atoms with Crippen molar-refractivity contribution in [1.29, 1.82) is 0 Å². The van der Waals surface area contributed by atoms with Crippen LogP contribution in [0.2, 0.25) is 0 Å². The summed E-state index contributed by atoms with van der Waals surface area (Å²) in [5, 5.41) is 22.7. The zero-order valence-electron chi connectivity index (χ0n) is 39.9. The van der Waals surface area contributed by atoms with E-state index in [1.54, 1.807) is 19.1 Å². The SMILES string of the molecule is Cc1ccc(S(=O)(=O)O)cc1C(C)(C)C(/C=C/C=C/C=C/C=C1/N(CCCCCC(=O)O)c2ccc(S(=O)(=O)O)cc2C1(C)C)=NCCCNC(=O)C1(C)CCc2c(C)c(O)c(C)c(C)c2O1. The van der Waals surface area contributed by atoms with Gasteiger partial charge in [-0.1, -0.05) is 70.6 Å². The lowest BCUT2D eigenvalue weighted by Gasteiger charge is -2.36. The minimum Gasteiger partial charge on any atom is -0.507 e. The highest BCUT2D eigenvalue weighted by Gasteiger charge is 2.42. The molecule has 0 aromatic heterocycles. The number of anilines is 1. The summed E-state index contributed by atoms with van der Waals surface area (Å²) in [5.74, 6) is -0.199. The number of fused-ring (bicyclic) bond motifs is 2. The highest BCUT2D eigenvalue weighted by Crippen LogP contribution is 2.49. The molecule has 0 fully saturated rings. The first-order valence-corrected chi connectivity index (χ1v) is 25.4. The van der Waals surface area contributed by atoms with Crippen molar-refractivity contribution in [2.45, 2.75) is 133 Å². The summed E-state index contributed by atoms with van der Waals surface area (Å²) >= 11 is 0. The van der Waals surface area contributed by atoms with Gasteiger partial charge < -0.3 is 25.2 Å². The molecule has 0 spiro atoms. The van der Waals surface area contributed by atoms with E-state index in [1.807, 2.05) is 97.9 Å². The monoisotopic (exact) mass is 959 g/mol. The second-order valence-corrected chi connectivity index (χ2v) is 21.5. The third kappa shape index (κ3) is 12.0. The second-order valence-electron chi connectivity index (χ2n) is 18.6. The Bertz CT molecular complexity index is 2780. The number of phenols is 1. The van der Waals surface area contributed by atoms with Crippen LogP contribution in [0.5, 0.6) is 11.5 Å². The van der Waals surface area contributed by atoms with Crippen molar-refractivity contribution in [3.8, 4) is 11.5 Å². The van der Waals surface area contributed by atoms with Gasteiger partial charge in [0.25, 0.3) is 26.1 Å². The van der Waals surface area contributed by atoms with E-state index in [1.165, 1.54) is 24.3 Å². The molecule has 0 saturated carbocycles. The zero-order chi connectivity index (χ0) is 49.7. The maximum atomic E-state index is 13.6. The van der Waals surface area contributed by atoms with Crippen LogP contribution in [0.4, 0.5) is 5.69 Å². The highest BCUT2D eigenvalue weighted by atomic mass is 32.2. The molecule has 0 bridgehead atoms. The zero-order valence-corrected chi connectivity index (χ0v) is 41.6. The van der Waals surface area contributed by atoms with E-state index in [9.17, 15) is 40.6 Å². The Morgan fingerprint density at radius 2 is 1.49 bits per heavy atom. The van der Waals surface area contributed by atoms with Crippen molar-refractivity contribution < 1.29 is 50.5 Å². The van der Waals surface area contributed by atoms with Gasteiger partial charge in [-0.25, -0.2) is 0 Å². The summed E-state index contributed by atoms with van der Waals surface area (Å²) in [6.45, 7) is 18.2. The predicted octanol–water partition coefficient (Wildman–Crippen LogP) is 9.12. The Hall–Kier alpha value is -5.55. The van der Waals surface area contributed by atoms with E-state index in [-0.39, 0.29) is 27.9 Å². The number of benzene rings is 3. The third-order valence-corrected chi connectivity index (χ3v) is 14.8. The van der Waals surface area contributed by atoms with Crippen LogP contribution in [0.3, 0.4) is 0 Å². The van der Waals surface area contributed by atoms with Gasteiger partial charge in [-0.15, -0.1) is 0 Å². The summed E-state index contributed by atoms with van der Waals surface area (Å²) in [6.07, 6.45) is 16.5. The molecule has 1 unspecified atom stereocenters. The Labute approximate surface area is 395 Å². The van der Waals surface area contributed by atoms with E-state index in [2.05, 4.69) is 10.2 Å². The minimum atomic E-state index is -4.48. The molecular formula is C51H65N3O11S2. The fourth-order valence-electron chi connectivity index (χ4n) is 8.87. The first-order chi connectivity index (χ1) is 31.2. The number of ether oxygens (including phenoxy) is 1. The molecule has 14 nitrogen and oxygen atoms in total. The molecule has 362 valence electrons. The number of unbranched alkanes of at least 4 members (excludes halogenated alkanes) is 2. The van der Waals surface area contributed by atoms with Gasteiger partial charge in [-0.2, -0.15) is 16.8 Å². The summed E-state index contributed by atoms with van der Waals surface area (Å²) < 4.78 is 74.5. The molecule has 0 radical (unpaired) electrons. The smallest absolute Gasteiger partial charge is 0.303 e. The number of allylic oxidation sites excluding steroid dienone is 8. The second kappa shape index (κ2) is 20.8. The number of nitrogens with zero attached hydrogens (tertiary/aromatic N) is 2. The molecule has 2 heterocycles. The van der Waals surface area contributed by atoms with E-state index in [0.717, 1.165) is 44.8 Å². The van der Waals surface area contributed by atoms with Crippen molar-refractivity contribution >= 4 is 43.5 Å². The standard InChI is InChI=1S/C51H65N3O11S2/c1-33-22-23-37(66(59,60)61)31-40(33)49(5,6)43(52-28-18-29-53-48(58)51(9)27-26-39-36(4)46(57)34(2)35(3)47(39)65-51)19-14-11-10-12-15-20-44-50(7,8)41-32-38(67(62,63)64)24-25-42(41)54(44)30-17-13-16-21-45(55)56/h10-12,14-15,19-20,22-25,31-32,57H,13,16-18,21,26-30H2,1-9H3,(H,53,58)(H,55,56)(H,59,60,61)(H,62,63,64)/b11-10+,15-12+,19-14+,44-20+,52-43?. The van der Waals surface area contributed by atoms with Crippen molar-refractivity contribution in [2.75, 3.05) is 24.5 Å². The number of rotatable bonds is 19. The number of aryl methyl sites for hydroxylation is 1. The van der Waals surface area contributed by atoms with Gasteiger partial charge in [-0.05, 0) is 136 Å². The molecule has 3 aromatic rings. The van der Waals surface area contributed by atoms with Gasteiger partial charge in [0.1, 0.15) is 11.5 Å². The Kier molecular flexibility index (Phi) is 16.2. The first-order valence-electron chi connectivity index (χ1n) is 22.5. The maximum absolute atomic E-state index is 13.6. The molecular weight excluding hydrogens is 895 g/mol. The summed E-state index contributed by atoms with van der Waals surface area (Å²) in [4.78, 5) is 31.3. The van der Waals surface area contributed by atoms with Gasteiger partial charge in [0, 0.05) is 66.0 Å². The van der Waals surface area contributed by atoms with Crippen molar-refractivity contribution in [3.05, 3.63) is 124 Å². The van der Waals surface area contributed by atoms with Gasteiger partial charge in [-0.3, -0.25) is 23.7 Å². The molecule has 2 aliphatic heterocycles. The van der Waals surface area contributed by atoms with E-state index in [4.69, 9.17) is 14.8 Å². The number of phenolic OH excluding ortho intramolecular Hbond substituents is 1. The van der Waals surface area contributed by atoms with Crippen LogP contribution in [0.25, 0.3) is 0 Å². The molecule has 0 aliphatic carbocycles. The number of amides is 1. The Morgan fingerprint density at radius 3 is 2.16 bits per heavy atom. The quantitative estimate of drug-likeness (QED) is 0.0329. The lowest BCUT2D eigenvalue weighted by molar-refractivity contribution is -0.137. The summed E-state index contributed by atoms with van der Waals surface area (Å²) in [5.41, 5.74) is 5.18. The van der Waals surface area contributed by atoms with Crippen LogP contribution in [0.15, 0.2) is 99.4 Å². The van der Waals surface area contributed by atoms with Gasteiger partial charge >= 0.3 is 5.97 Å². The lowest BCUT2D eigenvalue weighted by atomic mass is 9.77. The maximum Gasteiger partial charge on any atom is 0.303 e. The Balaban J connectivity index is 1.34. The van der Waals surface area contributed by atoms with E-state index < -0.39 is 42.6 Å². The number of aliphatic imine (C=N–C) groups is 1. The normalized spacial score (nSPS) is 18.2. The number of aliphatic carboxylic acids is 1. The van der Waals surface area contributed by atoms with Crippen molar-refractivity contribution in [2.24, 2.45) is 4.99 Å². The minimum absolute atomic E-state index is 0.0810. The number of carboxylic acids is 1. The van der Waals surface area contributed by atoms with Crippen LogP contribution in [0.1, 0.15) is 112 Å². The van der Waals surface area contributed by atoms with Crippen molar-refractivity contribution in [3.63, 3.8) is 0 Å². The molecule has 67 heavy (non-hydrogen) atoms. The van der Waals surface area contributed by atoms with Gasteiger partial charge in [0.05, 0.1) is 9.79 Å². The molecule has 1 amide bonds. The lowest BCUT2D eigenvalue weighted by Crippen LogP contribution is -2.51. The van der Waals surface area contributed by atoms with Crippen LogP contribution in [-0.4, -0.2) is 79.0 Å². The number of nitrogens with one attached hydrogen (secondary N) is 1. The first kappa shape index (κ1) is 52.4. The number of hydrogen-bond acceptors (Lipinski definition) is 10. The van der Waals surface area contributed by atoms with Crippen LogP contribution in [0, 0.1) is 27.7 Å². The fraction of sp³-hybridized carbons (Fsp3) is 0.431. The molecule has 16 heteroatoms. The number of carbonyl (C=O) groups is 2. The molecule has 1 atom stereocenters. The fourth-order valence-corrected chi connectivity index (χ4v) is 9.88. The third-order valence-electron chi connectivity index (χ3n) is 13.1. The van der Waals surface area contributed by atoms with E-state index in [0.29, 0.717) is 75.2 Å². The topological polar surface area (TPSA) is 220 Å². The average molecular weight is 960 g/mol. The van der Waals surface area contributed by atoms with Crippen molar-refractivity contribution in [1.82, 2.24) is 5.32 Å². The van der Waals surface area contributed by atoms with Gasteiger partial charge in [0.15, 0.2) is 5.60 Å². The number of carbonyl (C=O) groups excluding carboxylic acids is 1. The molecule has 5 N–H and O–H groups in total.